The van der Waals surface area contributed by atoms with Gasteiger partial charge in [0.05, 0.1) is 6.61 Å². The number of hydrogen-bond donors (Lipinski definition) is 0. The van der Waals surface area contributed by atoms with Crippen LogP contribution in [-0.2, 0) is 4.74 Å². The van der Waals surface area contributed by atoms with Crippen molar-refractivity contribution in [2.45, 2.75) is 62.2 Å². The molecule has 4 atom stereocenters. The van der Waals surface area contributed by atoms with E-state index < -0.39 is 0 Å². The standard InChI is InChI=1S/C25H35NO2S/c1-3-23-25(28-22-9-4-5-10-24(22)29-23)20-11-13-21(14-12-20)27-17-7-16-26-15-6-8-19(2)18-26/h4-5,9-11,13-14,19-20,23,25H,3,6-8,12,15-18H2,1-2H3/t19-,20?,23-,25-/m0/s1. The number of allylic oxidation sites excluding steroid dienone is 2. The number of hydrogen-bond acceptors (Lipinski definition) is 4. The highest BCUT2D eigenvalue weighted by atomic mass is 32.2. The summed E-state index contributed by atoms with van der Waals surface area (Å²) in [7, 11) is 0. The largest absolute Gasteiger partial charge is 0.494 e. The van der Waals surface area contributed by atoms with E-state index in [9.17, 15) is 0 Å². The lowest BCUT2D eigenvalue weighted by Gasteiger charge is -2.37. The highest BCUT2D eigenvalue weighted by molar-refractivity contribution is 8.00. The number of rotatable bonds is 7. The monoisotopic (exact) mass is 413 g/mol. The highest BCUT2D eigenvalue weighted by Gasteiger charge is 2.34. The minimum absolute atomic E-state index is 0.232. The van der Waals surface area contributed by atoms with Crippen molar-refractivity contribution in [1.29, 1.82) is 0 Å². The van der Waals surface area contributed by atoms with Crippen LogP contribution in [0.4, 0.5) is 0 Å². The van der Waals surface area contributed by atoms with Crippen LogP contribution in [0.25, 0.3) is 0 Å². The maximum absolute atomic E-state index is 6.44. The summed E-state index contributed by atoms with van der Waals surface area (Å²) in [5.74, 6) is 3.34. The average molecular weight is 414 g/mol. The number of benzene rings is 1. The summed E-state index contributed by atoms with van der Waals surface area (Å²) in [6, 6.07) is 8.43. The van der Waals surface area contributed by atoms with Gasteiger partial charge in [-0.2, -0.15) is 0 Å². The smallest absolute Gasteiger partial charge is 0.133 e. The van der Waals surface area contributed by atoms with Gasteiger partial charge in [0.15, 0.2) is 0 Å². The molecule has 3 nitrogen and oxygen atoms in total. The molecule has 1 saturated heterocycles. The Morgan fingerprint density at radius 1 is 1.28 bits per heavy atom. The summed E-state index contributed by atoms with van der Waals surface area (Å²) in [4.78, 5) is 3.87. The van der Waals surface area contributed by atoms with Crippen LogP contribution in [0.5, 0.6) is 5.75 Å². The number of ether oxygens (including phenoxy) is 2. The van der Waals surface area contributed by atoms with Crippen LogP contribution in [0.1, 0.15) is 46.0 Å². The van der Waals surface area contributed by atoms with Crippen molar-refractivity contribution in [3.8, 4) is 5.75 Å². The summed E-state index contributed by atoms with van der Waals surface area (Å²) < 4.78 is 12.5. The third-order valence-electron chi connectivity index (χ3n) is 6.31. The number of para-hydroxylation sites is 1. The summed E-state index contributed by atoms with van der Waals surface area (Å²) in [5.41, 5.74) is 0. The Labute approximate surface area is 180 Å². The zero-order valence-electron chi connectivity index (χ0n) is 17.9. The van der Waals surface area contributed by atoms with Gasteiger partial charge >= 0.3 is 0 Å². The minimum Gasteiger partial charge on any atom is -0.494 e. The van der Waals surface area contributed by atoms with E-state index in [0.29, 0.717) is 11.2 Å². The van der Waals surface area contributed by atoms with Crippen LogP contribution in [-0.4, -0.2) is 42.5 Å². The van der Waals surface area contributed by atoms with Crippen LogP contribution in [0.2, 0.25) is 0 Å². The molecule has 0 aromatic heterocycles. The van der Waals surface area contributed by atoms with E-state index in [-0.39, 0.29) is 6.10 Å². The van der Waals surface area contributed by atoms with Gasteiger partial charge in [-0.15, -0.1) is 11.8 Å². The van der Waals surface area contributed by atoms with E-state index in [2.05, 4.69) is 61.2 Å². The zero-order valence-corrected chi connectivity index (χ0v) is 18.7. The van der Waals surface area contributed by atoms with Crippen LogP contribution < -0.4 is 4.74 Å². The molecule has 1 fully saturated rings. The van der Waals surface area contributed by atoms with Gasteiger partial charge in [0, 0.05) is 29.2 Å². The first-order chi connectivity index (χ1) is 14.2. The van der Waals surface area contributed by atoms with E-state index in [0.717, 1.165) is 49.8 Å². The van der Waals surface area contributed by atoms with Gasteiger partial charge in [-0.05, 0) is 68.9 Å². The predicted octanol–water partition coefficient (Wildman–Crippen LogP) is 5.92. The van der Waals surface area contributed by atoms with Gasteiger partial charge < -0.3 is 14.4 Å². The predicted molar refractivity (Wildman–Crippen MR) is 122 cm³/mol. The van der Waals surface area contributed by atoms with E-state index in [4.69, 9.17) is 9.47 Å². The third kappa shape index (κ3) is 5.40. The normalized spacial score (nSPS) is 29.7. The van der Waals surface area contributed by atoms with Gasteiger partial charge in [0.1, 0.15) is 17.6 Å². The lowest BCUT2D eigenvalue weighted by molar-refractivity contribution is 0.137. The lowest BCUT2D eigenvalue weighted by atomic mass is 9.91. The molecule has 4 heteroatoms. The van der Waals surface area contributed by atoms with Crippen LogP contribution in [0.15, 0.2) is 53.1 Å². The fourth-order valence-corrected chi connectivity index (χ4v) is 5.99. The fraction of sp³-hybridized carbons (Fsp3) is 0.600. The van der Waals surface area contributed by atoms with Crippen LogP contribution in [0.3, 0.4) is 0 Å². The molecule has 3 aliphatic rings. The number of fused-ring (bicyclic) bond motifs is 1. The van der Waals surface area contributed by atoms with Gasteiger partial charge in [0.25, 0.3) is 0 Å². The van der Waals surface area contributed by atoms with Crippen molar-refractivity contribution in [2.75, 3.05) is 26.2 Å². The van der Waals surface area contributed by atoms with Gasteiger partial charge in [-0.3, -0.25) is 0 Å². The van der Waals surface area contributed by atoms with Crippen molar-refractivity contribution in [2.24, 2.45) is 11.8 Å². The number of likely N-dealkylation sites (tertiary alicyclic amines) is 1. The van der Waals surface area contributed by atoms with E-state index in [1.807, 2.05) is 11.8 Å². The van der Waals surface area contributed by atoms with Crippen LogP contribution in [0, 0.1) is 11.8 Å². The molecule has 29 heavy (non-hydrogen) atoms. The Balaban J connectivity index is 1.24. The highest BCUT2D eigenvalue weighted by Crippen LogP contribution is 2.44. The number of nitrogens with zero attached hydrogens (tertiary/aromatic N) is 1. The summed E-state index contributed by atoms with van der Waals surface area (Å²) in [6.07, 6.45) is 12.9. The molecule has 1 unspecified atom stereocenters. The quantitative estimate of drug-likeness (QED) is 0.518. The Hall–Kier alpha value is -1.39. The molecule has 0 spiro atoms. The molecule has 4 rings (SSSR count). The fourth-order valence-electron chi connectivity index (χ4n) is 4.71. The molecule has 2 aliphatic heterocycles. The Bertz CT molecular complexity index is 731. The summed E-state index contributed by atoms with van der Waals surface area (Å²) in [5, 5.41) is 0.502. The summed E-state index contributed by atoms with van der Waals surface area (Å²) >= 11 is 1.97. The topological polar surface area (TPSA) is 21.7 Å². The lowest BCUT2D eigenvalue weighted by Crippen LogP contribution is -2.38. The molecule has 1 aliphatic carbocycles. The zero-order chi connectivity index (χ0) is 20.1. The molecule has 158 valence electrons. The summed E-state index contributed by atoms with van der Waals surface area (Å²) in [6.45, 7) is 9.12. The minimum atomic E-state index is 0.232. The SMILES string of the molecule is CC[C@@H]1Sc2ccccc2O[C@H]1C1C=CC(OCCCN2CCC[C@H](C)C2)=CC1. The van der Waals surface area contributed by atoms with Crippen molar-refractivity contribution in [3.05, 3.63) is 48.3 Å². The Kier molecular flexibility index (Phi) is 7.25. The first kappa shape index (κ1) is 20.9. The van der Waals surface area contributed by atoms with Crippen molar-refractivity contribution in [1.82, 2.24) is 4.90 Å². The van der Waals surface area contributed by atoms with E-state index in [1.54, 1.807) is 0 Å². The molecule has 1 aromatic carbocycles. The molecule has 1 aromatic rings. The molecule has 2 heterocycles. The van der Waals surface area contributed by atoms with E-state index >= 15 is 0 Å². The first-order valence-corrected chi connectivity index (χ1v) is 12.3. The number of thioether (sulfide) groups is 1. The maximum Gasteiger partial charge on any atom is 0.133 e. The molecule has 0 bridgehead atoms. The van der Waals surface area contributed by atoms with Crippen LogP contribution >= 0.6 is 11.8 Å². The Morgan fingerprint density at radius 2 is 2.17 bits per heavy atom. The molecule has 0 amide bonds. The van der Waals surface area contributed by atoms with Crippen molar-refractivity contribution in [3.63, 3.8) is 0 Å². The third-order valence-corrected chi connectivity index (χ3v) is 7.80. The van der Waals surface area contributed by atoms with Crippen molar-refractivity contribution >= 4 is 11.8 Å². The second kappa shape index (κ2) is 10.1. The van der Waals surface area contributed by atoms with Crippen molar-refractivity contribution < 1.29 is 9.47 Å². The molecule has 0 N–H and O–H groups in total. The molecule has 0 saturated carbocycles. The molecular weight excluding hydrogens is 378 g/mol. The van der Waals surface area contributed by atoms with Gasteiger partial charge in [-0.1, -0.05) is 32.1 Å². The second-order valence-corrected chi connectivity index (χ2v) is 9.99. The number of piperidine rings is 1. The first-order valence-electron chi connectivity index (χ1n) is 11.4. The van der Waals surface area contributed by atoms with E-state index in [1.165, 1.54) is 30.8 Å². The molecular formula is C25H35NO2S. The second-order valence-electron chi connectivity index (χ2n) is 8.71. The van der Waals surface area contributed by atoms with Gasteiger partial charge in [0.2, 0.25) is 0 Å². The van der Waals surface area contributed by atoms with Gasteiger partial charge in [-0.25, -0.2) is 0 Å². The maximum atomic E-state index is 6.44. The Morgan fingerprint density at radius 3 is 2.97 bits per heavy atom. The molecule has 0 radical (unpaired) electrons. The average Bonchev–Trinajstić information content (AvgIpc) is 2.76.